The Morgan fingerprint density at radius 2 is 2.35 bits per heavy atom. The van der Waals surface area contributed by atoms with Gasteiger partial charge in [0.15, 0.2) is 0 Å². The fourth-order valence-electron chi connectivity index (χ4n) is 2.62. The molecule has 90 valence electrons. The third kappa shape index (κ3) is 1.80. The topological polar surface area (TPSA) is 37.0 Å². The molecule has 3 rings (SSSR count). The van der Waals surface area contributed by atoms with Crippen molar-refractivity contribution < 1.29 is 4.74 Å². The van der Waals surface area contributed by atoms with E-state index in [0.29, 0.717) is 0 Å². The van der Waals surface area contributed by atoms with E-state index in [1.54, 1.807) is 0 Å². The molecule has 2 aromatic rings. The molecule has 0 spiro atoms. The van der Waals surface area contributed by atoms with E-state index in [9.17, 15) is 0 Å². The van der Waals surface area contributed by atoms with Gasteiger partial charge in [0.2, 0.25) is 0 Å². The second-order valence-corrected chi connectivity index (χ2v) is 4.58. The van der Waals surface area contributed by atoms with Crippen LogP contribution >= 0.6 is 0 Å². The largest absolute Gasteiger partial charge is 0.493 e. The number of rotatable bonds is 3. The number of ether oxygens (including phenoxy) is 1. The normalized spacial score (nSPS) is 14.6. The van der Waals surface area contributed by atoms with E-state index in [1.807, 2.05) is 7.05 Å². The first-order valence-electron chi connectivity index (χ1n) is 6.29. The molecule has 1 aliphatic rings. The van der Waals surface area contributed by atoms with Gasteiger partial charge in [0, 0.05) is 22.7 Å². The molecule has 0 unspecified atom stereocenters. The van der Waals surface area contributed by atoms with Gasteiger partial charge in [0.25, 0.3) is 0 Å². The van der Waals surface area contributed by atoms with Gasteiger partial charge in [-0.1, -0.05) is 0 Å². The standard InChI is InChI=1S/C14H18N2O/c1-15-7-6-10-9-16-12-4-5-13-11(14(10)12)3-2-8-17-13/h4-5,9,15-16H,2-3,6-8H2,1H3. The van der Waals surface area contributed by atoms with Crippen molar-refractivity contribution >= 4 is 10.9 Å². The van der Waals surface area contributed by atoms with Crippen molar-refractivity contribution in [2.24, 2.45) is 0 Å². The molecule has 2 heterocycles. The SMILES string of the molecule is CNCCc1c[nH]c2ccc3c(c12)CCCO3. The number of H-pyrrole nitrogens is 1. The fraction of sp³-hybridized carbons (Fsp3) is 0.429. The lowest BCUT2D eigenvalue weighted by molar-refractivity contribution is 0.289. The predicted octanol–water partition coefficient (Wildman–Crippen LogP) is 2.25. The molecule has 3 nitrogen and oxygen atoms in total. The van der Waals surface area contributed by atoms with Crippen LogP contribution in [0, 0.1) is 0 Å². The maximum atomic E-state index is 5.73. The number of aromatic amines is 1. The summed E-state index contributed by atoms with van der Waals surface area (Å²) in [4.78, 5) is 3.36. The lowest BCUT2D eigenvalue weighted by atomic mass is 9.98. The van der Waals surface area contributed by atoms with E-state index < -0.39 is 0 Å². The molecule has 0 radical (unpaired) electrons. The van der Waals surface area contributed by atoms with Crippen molar-refractivity contribution in [3.8, 4) is 5.75 Å². The van der Waals surface area contributed by atoms with E-state index in [-0.39, 0.29) is 0 Å². The Balaban J connectivity index is 2.11. The van der Waals surface area contributed by atoms with Gasteiger partial charge in [0.1, 0.15) is 5.75 Å². The average Bonchev–Trinajstić information content (AvgIpc) is 2.80. The van der Waals surface area contributed by atoms with Crippen LogP contribution < -0.4 is 10.1 Å². The van der Waals surface area contributed by atoms with Crippen molar-refractivity contribution in [2.75, 3.05) is 20.2 Å². The number of likely N-dealkylation sites (N-methyl/N-ethyl adjacent to an activating group) is 1. The van der Waals surface area contributed by atoms with Crippen LogP contribution in [0.5, 0.6) is 5.75 Å². The van der Waals surface area contributed by atoms with Gasteiger partial charge in [-0.3, -0.25) is 0 Å². The Hall–Kier alpha value is -1.48. The Kier molecular flexibility index (Phi) is 2.77. The van der Waals surface area contributed by atoms with Crippen LogP contribution in [-0.4, -0.2) is 25.2 Å². The first-order valence-corrected chi connectivity index (χ1v) is 6.29. The smallest absolute Gasteiger partial charge is 0.123 e. The molecule has 2 N–H and O–H groups in total. The van der Waals surface area contributed by atoms with Crippen molar-refractivity contribution in [3.05, 3.63) is 29.5 Å². The van der Waals surface area contributed by atoms with Crippen LogP contribution in [0.2, 0.25) is 0 Å². The minimum atomic E-state index is 0.856. The molecule has 0 saturated heterocycles. The van der Waals surface area contributed by atoms with Crippen molar-refractivity contribution in [2.45, 2.75) is 19.3 Å². The maximum absolute atomic E-state index is 5.73. The zero-order valence-corrected chi connectivity index (χ0v) is 10.2. The molecule has 0 aliphatic carbocycles. The highest BCUT2D eigenvalue weighted by atomic mass is 16.5. The van der Waals surface area contributed by atoms with Crippen LogP contribution in [0.15, 0.2) is 18.3 Å². The third-order valence-corrected chi connectivity index (χ3v) is 3.47. The maximum Gasteiger partial charge on any atom is 0.123 e. The minimum absolute atomic E-state index is 0.856. The van der Waals surface area contributed by atoms with E-state index in [4.69, 9.17) is 4.74 Å². The lowest BCUT2D eigenvalue weighted by Crippen LogP contribution is -2.11. The van der Waals surface area contributed by atoms with Crippen molar-refractivity contribution in [1.82, 2.24) is 10.3 Å². The van der Waals surface area contributed by atoms with Crippen molar-refractivity contribution in [1.29, 1.82) is 0 Å². The molecule has 0 atom stereocenters. The molecule has 0 fully saturated rings. The Labute approximate surface area is 101 Å². The number of aryl methyl sites for hydroxylation is 1. The lowest BCUT2D eigenvalue weighted by Gasteiger charge is -2.18. The van der Waals surface area contributed by atoms with E-state index in [2.05, 4.69) is 28.6 Å². The summed E-state index contributed by atoms with van der Waals surface area (Å²) in [5.41, 5.74) is 4.03. The molecule has 17 heavy (non-hydrogen) atoms. The second-order valence-electron chi connectivity index (χ2n) is 4.58. The summed E-state index contributed by atoms with van der Waals surface area (Å²) >= 11 is 0. The molecule has 1 aromatic carbocycles. The monoisotopic (exact) mass is 230 g/mol. The number of hydrogen-bond donors (Lipinski definition) is 2. The highest BCUT2D eigenvalue weighted by Crippen LogP contribution is 2.33. The molecule has 3 heteroatoms. The highest BCUT2D eigenvalue weighted by Gasteiger charge is 2.16. The van der Waals surface area contributed by atoms with Crippen LogP contribution in [0.4, 0.5) is 0 Å². The molecular formula is C14H18N2O. The van der Waals surface area contributed by atoms with Gasteiger partial charge in [-0.2, -0.15) is 0 Å². The molecule has 0 bridgehead atoms. The Bertz CT molecular complexity index is 530. The van der Waals surface area contributed by atoms with Crippen LogP contribution in [-0.2, 0) is 12.8 Å². The van der Waals surface area contributed by atoms with Gasteiger partial charge >= 0.3 is 0 Å². The molecule has 0 saturated carbocycles. The molecule has 1 aromatic heterocycles. The summed E-state index contributed by atoms with van der Waals surface area (Å²) in [6.07, 6.45) is 5.46. The zero-order chi connectivity index (χ0) is 11.7. The predicted molar refractivity (Wildman–Crippen MR) is 69.7 cm³/mol. The quantitative estimate of drug-likeness (QED) is 0.848. The van der Waals surface area contributed by atoms with E-state index in [0.717, 1.165) is 38.2 Å². The highest BCUT2D eigenvalue weighted by molar-refractivity contribution is 5.89. The van der Waals surface area contributed by atoms with Gasteiger partial charge in [-0.25, -0.2) is 0 Å². The zero-order valence-electron chi connectivity index (χ0n) is 10.2. The van der Waals surface area contributed by atoms with Crippen LogP contribution in [0.25, 0.3) is 10.9 Å². The van der Waals surface area contributed by atoms with Crippen LogP contribution in [0.1, 0.15) is 17.5 Å². The number of benzene rings is 1. The average molecular weight is 230 g/mol. The first kappa shape index (κ1) is 10.7. The second kappa shape index (κ2) is 4.41. The third-order valence-electron chi connectivity index (χ3n) is 3.47. The van der Waals surface area contributed by atoms with Crippen molar-refractivity contribution in [3.63, 3.8) is 0 Å². The van der Waals surface area contributed by atoms with Gasteiger partial charge in [0.05, 0.1) is 6.61 Å². The fourth-order valence-corrected chi connectivity index (χ4v) is 2.62. The van der Waals surface area contributed by atoms with Gasteiger partial charge in [-0.15, -0.1) is 0 Å². The molecular weight excluding hydrogens is 212 g/mol. The number of aromatic nitrogens is 1. The number of fused-ring (bicyclic) bond motifs is 3. The van der Waals surface area contributed by atoms with E-state index in [1.165, 1.54) is 22.0 Å². The summed E-state index contributed by atoms with van der Waals surface area (Å²) in [5.74, 6) is 1.08. The molecule has 0 amide bonds. The van der Waals surface area contributed by atoms with Gasteiger partial charge in [-0.05, 0) is 50.6 Å². The first-order chi connectivity index (χ1) is 8.40. The number of nitrogens with one attached hydrogen (secondary N) is 2. The summed E-state index contributed by atoms with van der Waals surface area (Å²) in [5, 5.41) is 4.59. The van der Waals surface area contributed by atoms with E-state index >= 15 is 0 Å². The number of hydrogen-bond acceptors (Lipinski definition) is 2. The van der Waals surface area contributed by atoms with Gasteiger partial charge < -0.3 is 15.0 Å². The molecule has 1 aliphatic heterocycles. The Morgan fingerprint density at radius 3 is 3.24 bits per heavy atom. The summed E-state index contributed by atoms with van der Waals surface area (Å²) in [7, 11) is 1.99. The summed E-state index contributed by atoms with van der Waals surface area (Å²) < 4.78 is 5.73. The minimum Gasteiger partial charge on any atom is -0.493 e. The summed E-state index contributed by atoms with van der Waals surface area (Å²) in [6, 6.07) is 4.22. The van der Waals surface area contributed by atoms with Crippen LogP contribution in [0.3, 0.4) is 0 Å². The Morgan fingerprint density at radius 1 is 1.41 bits per heavy atom. The summed E-state index contributed by atoms with van der Waals surface area (Å²) in [6.45, 7) is 1.87.